The van der Waals surface area contributed by atoms with E-state index in [0.29, 0.717) is 47.2 Å². The molecule has 2 aliphatic heterocycles. The minimum atomic E-state index is -0.141. The Morgan fingerprint density at radius 3 is 3.00 bits per heavy atom. The lowest BCUT2D eigenvalue weighted by Crippen LogP contribution is -2.34. The Hall–Kier alpha value is -2.63. The van der Waals surface area contributed by atoms with Gasteiger partial charge in [0.25, 0.3) is 5.56 Å². The van der Waals surface area contributed by atoms with Gasteiger partial charge in [0.05, 0.1) is 36.6 Å². The molecule has 5 rings (SSSR count). The normalized spacial score (nSPS) is 17.8. The Labute approximate surface area is 204 Å². The first-order chi connectivity index (χ1) is 16.5. The van der Waals surface area contributed by atoms with Crippen LogP contribution in [0.1, 0.15) is 36.0 Å². The van der Waals surface area contributed by atoms with Crippen molar-refractivity contribution in [2.45, 2.75) is 50.5 Å². The second kappa shape index (κ2) is 9.93. The van der Waals surface area contributed by atoms with Gasteiger partial charge in [0, 0.05) is 31.5 Å². The number of carbonyl (C=O) groups is 2. The summed E-state index contributed by atoms with van der Waals surface area (Å²) in [5.74, 6) is 0.685. The number of rotatable bonds is 7. The van der Waals surface area contributed by atoms with Crippen molar-refractivity contribution < 1.29 is 18.7 Å². The van der Waals surface area contributed by atoms with Crippen molar-refractivity contribution in [1.29, 1.82) is 0 Å². The zero-order valence-electron chi connectivity index (χ0n) is 18.9. The van der Waals surface area contributed by atoms with Gasteiger partial charge in [-0.15, -0.1) is 11.3 Å². The van der Waals surface area contributed by atoms with Gasteiger partial charge in [-0.2, -0.15) is 0 Å². The number of nitrogens with zero attached hydrogens (tertiary/aromatic N) is 3. The summed E-state index contributed by atoms with van der Waals surface area (Å²) in [6, 6.07) is 3.59. The number of hydrogen-bond acceptors (Lipinski definition) is 8. The lowest BCUT2D eigenvalue weighted by atomic mass is 10.1. The summed E-state index contributed by atoms with van der Waals surface area (Å²) >= 11 is 2.69. The van der Waals surface area contributed by atoms with E-state index in [9.17, 15) is 14.4 Å². The summed E-state index contributed by atoms with van der Waals surface area (Å²) in [4.78, 5) is 46.2. The molecule has 2 aliphatic rings. The minimum absolute atomic E-state index is 0.0246. The van der Waals surface area contributed by atoms with Gasteiger partial charge >= 0.3 is 0 Å². The summed E-state index contributed by atoms with van der Waals surface area (Å²) in [5, 5.41) is 4.00. The molecule has 0 bridgehead atoms. The smallest absolute Gasteiger partial charge is 0.263 e. The molecule has 0 aliphatic carbocycles. The molecular weight excluding hydrogens is 476 g/mol. The Morgan fingerprint density at radius 1 is 1.38 bits per heavy atom. The number of hydrogen-bond donors (Lipinski definition) is 1. The SMILES string of the molecule is CC(=O)N1CCc2c(sc3nc(SCC(=O)NC[C@H]4CCCO4)n(Cc4ccco4)c(=O)c23)C1. The molecular formula is C23H26N4O5S2. The first-order valence-electron chi connectivity index (χ1n) is 11.3. The van der Waals surface area contributed by atoms with Crippen molar-refractivity contribution in [1.82, 2.24) is 19.8 Å². The number of fused-ring (bicyclic) bond motifs is 3. The number of thiophene rings is 1. The third kappa shape index (κ3) is 4.77. The largest absolute Gasteiger partial charge is 0.467 e. The van der Waals surface area contributed by atoms with Gasteiger partial charge in [-0.25, -0.2) is 4.98 Å². The molecule has 5 heterocycles. The first-order valence-corrected chi connectivity index (χ1v) is 13.1. The van der Waals surface area contributed by atoms with E-state index < -0.39 is 0 Å². The zero-order valence-corrected chi connectivity index (χ0v) is 20.5. The van der Waals surface area contributed by atoms with Crippen LogP contribution in [0, 0.1) is 0 Å². The lowest BCUT2D eigenvalue weighted by molar-refractivity contribution is -0.129. The number of furan rings is 1. The van der Waals surface area contributed by atoms with E-state index in [-0.39, 0.29) is 35.8 Å². The number of ether oxygens (including phenoxy) is 1. The predicted molar refractivity (Wildman–Crippen MR) is 129 cm³/mol. The van der Waals surface area contributed by atoms with Crippen LogP contribution in [-0.2, 0) is 33.8 Å². The van der Waals surface area contributed by atoms with Crippen molar-refractivity contribution in [2.75, 3.05) is 25.4 Å². The molecule has 180 valence electrons. The molecule has 9 nitrogen and oxygen atoms in total. The third-order valence-electron chi connectivity index (χ3n) is 6.15. The molecule has 0 aromatic carbocycles. The fourth-order valence-corrected chi connectivity index (χ4v) is 6.45. The van der Waals surface area contributed by atoms with Crippen molar-refractivity contribution in [3.05, 3.63) is 45.0 Å². The maximum atomic E-state index is 13.6. The van der Waals surface area contributed by atoms with E-state index in [4.69, 9.17) is 14.1 Å². The molecule has 0 unspecified atom stereocenters. The van der Waals surface area contributed by atoms with E-state index in [0.717, 1.165) is 29.9 Å². The Kier molecular flexibility index (Phi) is 6.75. The molecule has 0 radical (unpaired) electrons. The molecule has 2 amide bonds. The average molecular weight is 503 g/mol. The van der Waals surface area contributed by atoms with E-state index in [2.05, 4.69) is 5.32 Å². The Balaban J connectivity index is 1.42. The summed E-state index contributed by atoms with van der Waals surface area (Å²) in [5.41, 5.74) is 0.839. The molecule has 3 aromatic heterocycles. The van der Waals surface area contributed by atoms with Crippen molar-refractivity contribution in [3.63, 3.8) is 0 Å². The number of carbonyl (C=O) groups excluding carboxylic acids is 2. The highest BCUT2D eigenvalue weighted by molar-refractivity contribution is 7.99. The second-order valence-electron chi connectivity index (χ2n) is 8.47. The third-order valence-corrected chi connectivity index (χ3v) is 8.24. The number of aromatic nitrogens is 2. The fraction of sp³-hybridized carbons (Fsp3) is 0.478. The summed E-state index contributed by atoms with van der Waals surface area (Å²) in [7, 11) is 0. The van der Waals surface area contributed by atoms with Crippen molar-refractivity contribution in [2.24, 2.45) is 0 Å². The van der Waals surface area contributed by atoms with Crippen LogP contribution < -0.4 is 10.9 Å². The van der Waals surface area contributed by atoms with Crippen LogP contribution in [0.5, 0.6) is 0 Å². The molecule has 3 aromatic rings. The van der Waals surface area contributed by atoms with Gasteiger partial charge in [0.2, 0.25) is 11.8 Å². The van der Waals surface area contributed by atoms with Crippen LogP contribution >= 0.6 is 23.1 Å². The Bertz CT molecular complexity index is 1260. The summed E-state index contributed by atoms with van der Waals surface area (Å²) in [6.07, 6.45) is 4.25. The van der Waals surface area contributed by atoms with Crippen LogP contribution in [0.2, 0.25) is 0 Å². The highest BCUT2D eigenvalue weighted by atomic mass is 32.2. The van der Waals surface area contributed by atoms with Crippen LogP contribution in [0.15, 0.2) is 32.8 Å². The number of amides is 2. The van der Waals surface area contributed by atoms with Gasteiger partial charge in [0.1, 0.15) is 10.6 Å². The predicted octanol–water partition coefficient (Wildman–Crippen LogP) is 2.39. The molecule has 34 heavy (non-hydrogen) atoms. The fourth-order valence-electron chi connectivity index (χ4n) is 4.35. The van der Waals surface area contributed by atoms with Gasteiger partial charge in [0.15, 0.2) is 5.16 Å². The molecule has 11 heteroatoms. The maximum absolute atomic E-state index is 13.6. The number of nitrogens with one attached hydrogen (secondary N) is 1. The van der Waals surface area contributed by atoms with Gasteiger partial charge in [-0.1, -0.05) is 11.8 Å². The van der Waals surface area contributed by atoms with Crippen LogP contribution in [0.25, 0.3) is 10.2 Å². The van der Waals surface area contributed by atoms with Crippen LogP contribution in [0.4, 0.5) is 0 Å². The van der Waals surface area contributed by atoms with Crippen LogP contribution in [-0.4, -0.2) is 57.8 Å². The average Bonchev–Trinajstić information content (AvgIpc) is 3.58. The second-order valence-corrected chi connectivity index (χ2v) is 10.5. The lowest BCUT2D eigenvalue weighted by Gasteiger charge is -2.25. The topological polar surface area (TPSA) is 107 Å². The van der Waals surface area contributed by atoms with Crippen LogP contribution in [0.3, 0.4) is 0 Å². The number of thioether (sulfide) groups is 1. The van der Waals surface area contributed by atoms with Gasteiger partial charge in [-0.05, 0) is 37.0 Å². The molecule has 1 atom stereocenters. The van der Waals surface area contributed by atoms with Gasteiger partial charge in [-0.3, -0.25) is 19.0 Å². The maximum Gasteiger partial charge on any atom is 0.263 e. The molecule has 0 spiro atoms. The molecule has 0 saturated carbocycles. The quantitative estimate of drug-likeness (QED) is 0.391. The van der Waals surface area contributed by atoms with Crippen molar-refractivity contribution >= 4 is 45.1 Å². The Morgan fingerprint density at radius 2 is 2.26 bits per heavy atom. The summed E-state index contributed by atoms with van der Waals surface area (Å²) in [6.45, 7) is 4.12. The monoisotopic (exact) mass is 502 g/mol. The van der Waals surface area contributed by atoms with E-state index in [1.807, 2.05) is 6.07 Å². The van der Waals surface area contributed by atoms with E-state index in [1.54, 1.807) is 28.7 Å². The standard InChI is InChI=1S/C23H26N4O5S2/c1-14(28)26-7-6-17-18(12-26)34-21-20(17)22(30)27(11-16-5-3-9-32-16)23(25-21)33-13-19(29)24-10-15-4-2-8-31-15/h3,5,9,15H,2,4,6-8,10-13H2,1H3,(H,24,29)/t15-/m1/s1. The molecule has 1 fully saturated rings. The highest BCUT2D eigenvalue weighted by Gasteiger charge is 2.26. The van der Waals surface area contributed by atoms with E-state index in [1.165, 1.54) is 23.1 Å². The minimum Gasteiger partial charge on any atom is -0.467 e. The highest BCUT2D eigenvalue weighted by Crippen LogP contribution is 2.34. The summed E-state index contributed by atoms with van der Waals surface area (Å²) < 4.78 is 12.6. The van der Waals surface area contributed by atoms with Gasteiger partial charge < -0.3 is 19.4 Å². The molecule has 1 N–H and O–H groups in total. The first kappa shape index (κ1) is 23.1. The zero-order chi connectivity index (χ0) is 23.7. The van der Waals surface area contributed by atoms with E-state index >= 15 is 0 Å². The van der Waals surface area contributed by atoms with Crippen molar-refractivity contribution in [3.8, 4) is 0 Å². The molecule has 1 saturated heterocycles.